The van der Waals surface area contributed by atoms with Gasteiger partial charge in [0.2, 0.25) is 5.91 Å². The molecular formula is C10H19BrN2OS. The molecule has 0 aliphatic heterocycles. The highest BCUT2D eigenvalue weighted by Gasteiger charge is 2.21. The van der Waals surface area contributed by atoms with Crippen molar-refractivity contribution < 1.29 is 4.79 Å². The summed E-state index contributed by atoms with van der Waals surface area (Å²) in [5, 5.41) is 10.4. The van der Waals surface area contributed by atoms with Gasteiger partial charge in [0.25, 0.3) is 0 Å². The summed E-state index contributed by atoms with van der Waals surface area (Å²) in [6.07, 6.45) is 5.56. The average Bonchev–Trinajstić information content (AvgIpc) is 2.19. The van der Waals surface area contributed by atoms with E-state index in [0.717, 1.165) is 31.4 Å². The van der Waals surface area contributed by atoms with Gasteiger partial charge in [-0.1, -0.05) is 37.9 Å². The number of carbonyl (C=O) groups is 1. The highest BCUT2D eigenvalue weighted by atomic mass is 79.9. The van der Waals surface area contributed by atoms with E-state index in [4.69, 9.17) is 5.41 Å². The van der Waals surface area contributed by atoms with E-state index in [2.05, 4.69) is 5.32 Å². The molecule has 0 spiro atoms. The molecule has 0 saturated heterocycles. The van der Waals surface area contributed by atoms with E-state index >= 15 is 0 Å². The minimum absolute atomic E-state index is 0. The van der Waals surface area contributed by atoms with E-state index in [9.17, 15) is 4.79 Å². The number of amides is 1. The van der Waals surface area contributed by atoms with Gasteiger partial charge < -0.3 is 5.32 Å². The van der Waals surface area contributed by atoms with Crippen molar-refractivity contribution in [3.8, 4) is 0 Å². The molecule has 0 aromatic heterocycles. The van der Waals surface area contributed by atoms with Gasteiger partial charge in [0.15, 0.2) is 5.17 Å². The molecule has 0 heterocycles. The van der Waals surface area contributed by atoms with E-state index in [0.29, 0.717) is 5.17 Å². The molecule has 2 N–H and O–H groups in total. The van der Waals surface area contributed by atoms with Crippen molar-refractivity contribution in [2.75, 3.05) is 5.75 Å². The van der Waals surface area contributed by atoms with Crippen LogP contribution in [0.1, 0.15) is 39.0 Å². The third-order valence-corrected chi connectivity index (χ3v) is 3.18. The molecule has 0 aromatic carbocycles. The predicted octanol–water partition coefficient (Wildman–Crippen LogP) is 2.95. The lowest BCUT2D eigenvalue weighted by Crippen LogP contribution is -2.34. The molecule has 1 saturated carbocycles. The van der Waals surface area contributed by atoms with Gasteiger partial charge >= 0.3 is 0 Å². The molecule has 1 aliphatic carbocycles. The fourth-order valence-electron chi connectivity index (χ4n) is 1.76. The third-order valence-electron chi connectivity index (χ3n) is 2.50. The average molecular weight is 295 g/mol. The molecule has 5 heteroatoms. The summed E-state index contributed by atoms with van der Waals surface area (Å²) >= 11 is 1.37. The normalized spacial score (nSPS) is 16.6. The summed E-state index contributed by atoms with van der Waals surface area (Å²) in [5.41, 5.74) is 0. The highest BCUT2D eigenvalue weighted by molar-refractivity contribution is 8.93. The molecule has 0 atom stereocenters. The Morgan fingerprint density at radius 2 is 2.00 bits per heavy atom. The van der Waals surface area contributed by atoms with E-state index in [1.54, 1.807) is 0 Å². The molecule has 1 aliphatic rings. The van der Waals surface area contributed by atoms with Crippen LogP contribution in [0.4, 0.5) is 0 Å². The van der Waals surface area contributed by atoms with Crippen molar-refractivity contribution in [2.24, 2.45) is 5.92 Å². The first-order chi connectivity index (χ1) is 6.74. The second kappa shape index (κ2) is 8.16. The number of rotatable bonds is 2. The molecular weight excluding hydrogens is 276 g/mol. The minimum atomic E-state index is 0. The van der Waals surface area contributed by atoms with Crippen LogP contribution < -0.4 is 5.32 Å². The number of carbonyl (C=O) groups excluding carboxylic acids is 1. The van der Waals surface area contributed by atoms with Gasteiger partial charge in [-0.05, 0) is 18.6 Å². The second-order valence-electron chi connectivity index (χ2n) is 3.59. The Labute approximate surface area is 106 Å². The van der Waals surface area contributed by atoms with Gasteiger partial charge in [-0.2, -0.15) is 0 Å². The largest absolute Gasteiger partial charge is 0.305 e. The molecule has 0 radical (unpaired) electrons. The van der Waals surface area contributed by atoms with Gasteiger partial charge in [-0.25, -0.2) is 0 Å². The topological polar surface area (TPSA) is 53.0 Å². The van der Waals surface area contributed by atoms with Gasteiger partial charge in [0.1, 0.15) is 0 Å². The van der Waals surface area contributed by atoms with E-state index < -0.39 is 0 Å². The van der Waals surface area contributed by atoms with Gasteiger partial charge in [-0.15, -0.1) is 17.0 Å². The SMILES string of the molecule is Br.CCSC(=N)NC(=O)C1CCCCC1. The number of halogens is 1. The van der Waals surface area contributed by atoms with Crippen LogP contribution in [0.25, 0.3) is 0 Å². The van der Waals surface area contributed by atoms with Crippen LogP contribution in [-0.2, 0) is 4.79 Å². The molecule has 3 nitrogen and oxygen atoms in total. The van der Waals surface area contributed by atoms with Gasteiger partial charge in [0, 0.05) is 5.92 Å². The molecule has 15 heavy (non-hydrogen) atoms. The first-order valence-electron chi connectivity index (χ1n) is 5.26. The fourth-order valence-corrected chi connectivity index (χ4v) is 2.22. The standard InChI is InChI=1S/C10H18N2OS.BrH/c1-2-14-10(11)12-9(13)8-6-4-3-5-7-8;/h8H,2-7H2,1H3,(H2,11,12,13);1H. The predicted molar refractivity (Wildman–Crippen MR) is 70.9 cm³/mol. The van der Waals surface area contributed by atoms with E-state index in [1.807, 2.05) is 6.92 Å². The van der Waals surface area contributed by atoms with Crippen LogP contribution in [0.15, 0.2) is 0 Å². The number of amidine groups is 1. The summed E-state index contributed by atoms with van der Waals surface area (Å²) < 4.78 is 0. The van der Waals surface area contributed by atoms with Crippen LogP contribution in [0.2, 0.25) is 0 Å². The number of hydrogen-bond donors (Lipinski definition) is 2. The molecule has 0 unspecified atom stereocenters. The Kier molecular flexibility index (Phi) is 8.14. The van der Waals surface area contributed by atoms with Crippen LogP contribution in [0.3, 0.4) is 0 Å². The van der Waals surface area contributed by atoms with Crippen molar-refractivity contribution in [3.63, 3.8) is 0 Å². The third kappa shape index (κ3) is 5.56. The van der Waals surface area contributed by atoms with Crippen LogP contribution in [0, 0.1) is 11.3 Å². The summed E-state index contributed by atoms with van der Waals surface area (Å²) in [4.78, 5) is 11.6. The maximum Gasteiger partial charge on any atom is 0.229 e. The highest BCUT2D eigenvalue weighted by Crippen LogP contribution is 2.23. The summed E-state index contributed by atoms with van der Waals surface area (Å²) in [7, 11) is 0. The Hall–Kier alpha value is -0.0300. The molecule has 1 amide bonds. The van der Waals surface area contributed by atoms with E-state index in [-0.39, 0.29) is 28.8 Å². The molecule has 88 valence electrons. The first-order valence-corrected chi connectivity index (χ1v) is 6.24. The van der Waals surface area contributed by atoms with Crippen molar-refractivity contribution in [2.45, 2.75) is 39.0 Å². The maximum absolute atomic E-state index is 11.6. The fraction of sp³-hybridized carbons (Fsp3) is 0.800. The monoisotopic (exact) mass is 294 g/mol. The Bertz CT molecular complexity index is 217. The lowest BCUT2D eigenvalue weighted by atomic mass is 9.89. The molecule has 1 rings (SSSR count). The van der Waals surface area contributed by atoms with Crippen molar-refractivity contribution in [1.29, 1.82) is 5.41 Å². The zero-order chi connectivity index (χ0) is 10.4. The smallest absolute Gasteiger partial charge is 0.229 e. The minimum Gasteiger partial charge on any atom is -0.305 e. The van der Waals surface area contributed by atoms with Gasteiger partial charge in [0.05, 0.1) is 0 Å². The van der Waals surface area contributed by atoms with Crippen molar-refractivity contribution in [3.05, 3.63) is 0 Å². The lowest BCUT2D eigenvalue weighted by molar-refractivity contribution is -0.124. The van der Waals surface area contributed by atoms with Crippen molar-refractivity contribution in [1.82, 2.24) is 5.32 Å². The first kappa shape index (κ1) is 15.0. The quantitative estimate of drug-likeness (QED) is 0.608. The summed E-state index contributed by atoms with van der Waals surface area (Å²) in [6, 6.07) is 0. The maximum atomic E-state index is 11.6. The molecule has 0 aromatic rings. The molecule has 0 bridgehead atoms. The van der Waals surface area contributed by atoms with Gasteiger partial charge in [-0.3, -0.25) is 10.2 Å². The Morgan fingerprint density at radius 3 is 2.53 bits per heavy atom. The number of nitrogens with one attached hydrogen (secondary N) is 2. The number of thioether (sulfide) groups is 1. The Balaban J connectivity index is 0.00000196. The van der Waals surface area contributed by atoms with E-state index in [1.165, 1.54) is 18.2 Å². The second-order valence-corrected chi connectivity index (χ2v) is 4.86. The van der Waals surface area contributed by atoms with Crippen LogP contribution in [0.5, 0.6) is 0 Å². The number of hydrogen-bond acceptors (Lipinski definition) is 3. The summed E-state index contributed by atoms with van der Waals surface area (Å²) in [6.45, 7) is 1.98. The molecule has 1 fully saturated rings. The lowest BCUT2D eigenvalue weighted by Gasteiger charge is -2.20. The van der Waals surface area contributed by atoms with Crippen LogP contribution in [-0.4, -0.2) is 16.8 Å². The van der Waals surface area contributed by atoms with Crippen molar-refractivity contribution >= 4 is 39.8 Å². The zero-order valence-corrected chi connectivity index (χ0v) is 11.6. The summed E-state index contributed by atoms with van der Waals surface area (Å²) in [5.74, 6) is 1.04. The zero-order valence-electron chi connectivity index (χ0n) is 9.04. The van der Waals surface area contributed by atoms with Crippen LogP contribution >= 0.6 is 28.7 Å². The Morgan fingerprint density at radius 1 is 1.40 bits per heavy atom.